The average molecular weight is 275 g/mol. The van der Waals surface area contributed by atoms with Gasteiger partial charge in [-0.05, 0) is 18.9 Å². The van der Waals surface area contributed by atoms with Crippen molar-refractivity contribution in [1.29, 1.82) is 0 Å². The van der Waals surface area contributed by atoms with Crippen molar-refractivity contribution in [2.45, 2.75) is 33.4 Å². The van der Waals surface area contributed by atoms with Crippen molar-refractivity contribution < 1.29 is 13.9 Å². The SMILES string of the molecule is COCc1c(C(=O)NC(C)C(C)C)oc2ccccc12. The molecule has 2 rings (SSSR count). The van der Waals surface area contributed by atoms with E-state index in [0.29, 0.717) is 23.9 Å². The summed E-state index contributed by atoms with van der Waals surface area (Å²) in [5.74, 6) is 0.532. The van der Waals surface area contributed by atoms with Crippen molar-refractivity contribution in [3.63, 3.8) is 0 Å². The normalized spacial score (nSPS) is 12.8. The molecule has 108 valence electrons. The van der Waals surface area contributed by atoms with Crippen molar-refractivity contribution in [3.05, 3.63) is 35.6 Å². The van der Waals surface area contributed by atoms with E-state index in [2.05, 4.69) is 19.2 Å². The fourth-order valence-electron chi connectivity index (χ4n) is 2.01. The topological polar surface area (TPSA) is 51.5 Å². The molecule has 2 aromatic rings. The lowest BCUT2D eigenvalue weighted by molar-refractivity contribution is 0.0898. The number of benzene rings is 1. The van der Waals surface area contributed by atoms with Gasteiger partial charge in [0.15, 0.2) is 5.76 Å². The van der Waals surface area contributed by atoms with Crippen molar-refractivity contribution >= 4 is 16.9 Å². The van der Waals surface area contributed by atoms with Crippen LogP contribution in [0.15, 0.2) is 28.7 Å². The Hall–Kier alpha value is -1.81. The average Bonchev–Trinajstić information content (AvgIpc) is 2.78. The van der Waals surface area contributed by atoms with Crippen LogP contribution in [0, 0.1) is 5.92 Å². The van der Waals surface area contributed by atoms with E-state index in [1.165, 1.54) is 0 Å². The van der Waals surface area contributed by atoms with Gasteiger partial charge in [-0.1, -0.05) is 32.0 Å². The van der Waals surface area contributed by atoms with Crippen LogP contribution in [0.3, 0.4) is 0 Å². The van der Waals surface area contributed by atoms with Gasteiger partial charge in [0.05, 0.1) is 6.61 Å². The molecule has 4 nitrogen and oxygen atoms in total. The highest BCUT2D eigenvalue weighted by Gasteiger charge is 2.22. The lowest BCUT2D eigenvalue weighted by atomic mass is 10.1. The number of amides is 1. The maximum Gasteiger partial charge on any atom is 0.287 e. The number of furan rings is 1. The quantitative estimate of drug-likeness (QED) is 0.910. The van der Waals surface area contributed by atoms with E-state index < -0.39 is 0 Å². The van der Waals surface area contributed by atoms with E-state index in [1.54, 1.807) is 7.11 Å². The predicted octanol–water partition coefficient (Wildman–Crippen LogP) is 3.35. The number of ether oxygens (including phenoxy) is 1. The molecule has 1 heterocycles. The molecule has 0 aliphatic rings. The van der Waals surface area contributed by atoms with Crippen LogP contribution in [0.1, 0.15) is 36.9 Å². The summed E-state index contributed by atoms with van der Waals surface area (Å²) in [5.41, 5.74) is 1.51. The minimum atomic E-state index is -0.186. The molecule has 0 saturated carbocycles. The molecule has 1 amide bonds. The van der Waals surface area contributed by atoms with Crippen LogP contribution in [-0.4, -0.2) is 19.1 Å². The van der Waals surface area contributed by atoms with E-state index in [0.717, 1.165) is 10.9 Å². The summed E-state index contributed by atoms with van der Waals surface area (Å²) in [6, 6.07) is 7.70. The summed E-state index contributed by atoms with van der Waals surface area (Å²) in [4.78, 5) is 12.4. The van der Waals surface area contributed by atoms with Crippen LogP contribution in [0.5, 0.6) is 0 Å². The summed E-state index contributed by atoms with van der Waals surface area (Å²) < 4.78 is 10.9. The third kappa shape index (κ3) is 2.85. The first-order valence-corrected chi connectivity index (χ1v) is 6.84. The number of hydrogen-bond acceptors (Lipinski definition) is 3. The van der Waals surface area contributed by atoms with Gasteiger partial charge in [0.25, 0.3) is 5.91 Å². The van der Waals surface area contributed by atoms with E-state index in [4.69, 9.17) is 9.15 Å². The highest BCUT2D eigenvalue weighted by molar-refractivity contribution is 5.99. The van der Waals surface area contributed by atoms with E-state index >= 15 is 0 Å². The zero-order valence-corrected chi connectivity index (χ0v) is 12.4. The molecule has 1 aromatic carbocycles. The largest absolute Gasteiger partial charge is 0.451 e. The molecule has 1 atom stereocenters. The van der Waals surface area contributed by atoms with Crippen molar-refractivity contribution in [3.8, 4) is 0 Å². The molecule has 1 aromatic heterocycles. The molecular formula is C16H21NO3. The number of carbonyl (C=O) groups is 1. The third-order valence-electron chi connectivity index (χ3n) is 3.55. The number of rotatable bonds is 5. The third-order valence-corrected chi connectivity index (χ3v) is 3.55. The molecule has 1 N–H and O–H groups in total. The standard InChI is InChI=1S/C16H21NO3/c1-10(2)11(3)17-16(18)15-13(9-19-4)12-7-5-6-8-14(12)20-15/h5-8,10-11H,9H2,1-4H3,(H,17,18). The minimum Gasteiger partial charge on any atom is -0.451 e. The van der Waals surface area contributed by atoms with Gasteiger partial charge in [-0.15, -0.1) is 0 Å². The highest BCUT2D eigenvalue weighted by atomic mass is 16.5. The maximum absolute atomic E-state index is 12.4. The fraction of sp³-hybridized carbons (Fsp3) is 0.438. The number of nitrogens with one attached hydrogen (secondary N) is 1. The Morgan fingerprint density at radius 3 is 2.65 bits per heavy atom. The Balaban J connectivity index is 2.37. The zero-order valence-electron chi connectivity index (χ0n) is 12.4. The molecular weight excluding hydrogens is 254 g/mol. The van der Waals surface area contributed by atoms with Gasteiger partial charge in [0.1, 0.15) is 5.58 Å². The fourth-order valence-corrected chi connectivity index (χ4v) is 2.01. The van der Waals surface area contributed by atoms with Crippen LogP contribution in [0.25, 0.3) is 11.0 Å². The number of hydrogen-bond donors (Lipinski definition) is 1. The van der Waals surface area contributed by atoms with Crippen LogP contribution in [-0.2, 0) is 11.3 Å². The molecule has 1 unspecified atom stereocenters. The van der Waals surface area contributed by atoms with Crippen LogP contribution >= 0.6 is 0 Å². The molecule has 0 fully saturated rings. The van der Waals surface area contributed by atoms with Gasteiger partial charge in [-0.3, -0.25) is 4.79 Å². The summed E-state index contributed by atoms with van der Waals surface area (Å²) in [6.45, 7) is 6.48. The Bertz CT molecular complexity index is 601. The van der Waals surface area contributed by atoms with Crippen LogP contribution in [0.2, 0.25) is 0 Å². The van der Waals surface area contributed by atoms with Gasteiger partial charge in [0.2, 0.25) is 0 Å². The number of fused-ring (bicyclic) bond motifs is 1. The first kappa shape index (κ1) is 14.6. The molecule has 0 spiro atoms. The lowest BCUT2D eigenvalue weighted by Gasteiger charge is -2.16. The van der Waals surface area contributed by atoms with Crippen molar-refractivity contribution in [2.75, 3.05) is 7.11 Å². The molecule has 0 bridgehead atoms. The molecule has 0 aliphatic carbocycles. The number of carbonyl (C=O) groups excluding carboxylic acids is 1. The van der Waals surface area contributed by atoms with Crippen LogP contribution < -0.4 is 5.32 Å². The Labute approximate surface area is 119 Å². The maximum atomic E-state index is 12.4. The van der Waals surface area contributed by atoms with Crippen molar-refractivity contribution in [1.82, 2.24) is 5.32 Å². The second kappa shape index (κ2) is 6.09. The first-order chi connectivity index (χ1) is 9.54. The Kier molecular flexibility index (Phi) is 4.45. The van der Waals surface area contributed by atoms with Gasteiger partial charge in [0, 0.05) is 24.1 Å². The smallest absolute Gasteiger partial charge is 0.287 e. The first-order valence-electron chi connectivity index (χ1n) is 6.84. The molecule has 4 heteroatoms. The Morgan fingerprint density at radius 2 is 2.00 bits per heavy atom. The second-order valence-corrected chi connectivity index (χ2v) is 5.35. The Morgan fingerprint density at radius 1 is 1.30 bits per heavy atom. The molecule has 0 radical (unpaired) electrons. The number of methoxy groups -OCH3 is 1. The van der Waals surface area contributed by atoms with Gasteiger partial charge < -0.3 is 14.5 Å². The summed E-state index contributed by atoms with van der Waals surface area (Å²) in [6.07, 6.45) is 0. The van der Waals surface area contributed by atoms with Crippen molar-refractivity contribution in [2.24, 2.45) is 5.92 Å². The van der Waals surface area contributed by atoms with E-state index in [-0.39, 0.29) is 11.9 Å². The zero-order chi connectivity index (χ0) is 14.7. The predicted molar refractivity (Wildman–Crippen MR) is 78.7 cm³/mol. The lowest BCUT2D eigenvalue weighted by Crippen LogP contribution is -2.36. The van der Waals surface area contributed by atoms with E-state index in [1.807, 2.05) is 31.2 Å². The molecule has 0 saturated heterocycles. The van der Waals surface area contributed by atoms with Gasteiger partial charge >= 0.3 is 0 Å². The molecule has 0 aliphatic heterocycles. The summed E-state index contributed by atoms with van der Waals surface area (Å²) in [7, 11) is 1.61. The van der Waals surface area contributed by atoms with Gasteiger partial charge in [-0.2, -0.15) is 0 Å². The number of para-hydroxylation sites is 1. The highest BCUT2D eigenvalue weighted by Crippen LogP contribution is 2.26. The van der Waals surface area contributed by atoms with Gasteiger partial charge in [-0.25, -0.2) is 0 Å². The second-order valence-electron chi connectivity index (χ2n) is 5.35. The summed E-state index contributed by atoms with van der Waals surface area (Å²) in [5, 5.41) is 3.89. The van der Waals surface area contributed by atoms with Crippen LogP contribution in [0.4, 0.5) is 0 Å². The molecule has 20 heavy (non-hydrogen) atoms. The minimum absolute atomic E-state index is 0.0890. The van der Waals surface area contributed by atoms with E-state index in [9.17, 15) is 4.79 Å². The monoisotopic (exact) mass is 275 g/mol. The summed E-state index contributed by atoms with van der Waals surface area (Å²) >= 11 is 0.